The van der Waals surface area contributed by atoms with Crippen LogP contribution >= 0.6 is 11.8 Å². The molecule has 31 heavy (non-hydrogen) atoms. The minimum atomic E-state index is -0.0318. The van der Waals surface area contributed by atoms with Crippen LogP contribution < -0.4 is 15.3 Å². The van der Waals surface area contributed by atoms with Crippen LogP contribution in [-0.2, 0) is 4.79 Å². The van der Waals surface area contributed by atoms with E-state index < -0.39 is 0 Å². The molecular formula is C23H26N4O3S. The summed E-state index contributed by atoms with van der Waals surface area (Å²) in [4.78, 5) is 19.6. The Hall–Kier alpha value is -3.13. The highest BCUT2D eigenvalue weighted by Crippen LogP contribution is 2.39. The molecule has 0 saturated carbocycles. The number of nitrogen functional groups attached to an aromatic ring is 1. The zero-order valence-corrected chi connectivity index (χ0v) is 18.5. The van der Waals surface area contributed by atoms with Crippen molar-refractivity contribution in [2.75, 3.05) is 32.4 Å². The fraction of sp³-hybridized carbons (Fsp3) is 0.304. The van der Waals surface area contributed by atoms with Crippen molar-refractivity contribution in [2.24, 2.45) is 0 Å². The smallest absolute Gasteiger partial charge is 0.233 e. The van der Waals surface area contributed by atoms with Gasteiger partial charge in [0.1, 0.15) is 11.5 Å². The Morgan fingerprint density at radius 2 is 2.00 bits per heavy atom. The van der Waals surface area contributed by atoms with Gasteiger partial charge in [-0.15, -0.1) is 0 Å². The molecule has 7 nitrogen and oxygen atoms in total. The lowest BCUT2D eigenvalue weighted by atomic mass is 10.0. The average Bonchev–Trinajstić information content (AvgIpc) is 3.44. The van der Waals surface area contributed by atoms with E-state index in [0.717, 1.165) is 47.7 Å². The van der Waals surface area contributed by atoms with Gasteiger partial charge < -0.3 is 20.2 Å². The highest BCUT2D eigenvalue weighted by atomic mass is 32.2. The molecule has 1 aromatic heterocycles. The molecular weight excluding hydrogens is 412 g/mol. The van der Waals surface area contributed by atoms with Gasteiger partial charge >= 0.3 is 0 Å². The van der Waals surface area contributed by atoms with E-state index in [2.05, 4.69) is 4.98 Å². The second-order valence-corrected chi connectivity index (χ2v) is 8.27. The molecule has 0 spiro atoms. The van der Waals surface area contributed by atoms with Crippen molar-refractivity contribution in [3.05, 3.63) is 60.3 Å². The molecule has 0 aliphatic carbocycles. The molecule has 0 radical (unpaired) electrons. The van der Waals surface area contributed by atoms with Crippen molar-refractivity contribution in [1.29, 1.82) is 0 Å². The summed E-state index contributed by atoms with van der Waals surface area (Å²) >= 11 is 1.35. The van der Waals surface area contributed by atoms with Crippen molar-refractivity contribution < 1.29 is 14.3 Å². The number of likely N-dealkylation sites (tertiary alicyclic amines) is 1. The Morgan fingerprint density at radius 1 is 1.19 bits per heavy atom. The molecule has 1 amide bonds. The van der Waals surface area contributed by atoms with E-state index in [4.69, 9.17) is 15.3 Å². The summed E-state index contributed by atoms with van der Waals surface area (Å²) in [6.07, 6.45) is 3.62. The number of carbonyl (C=O) groups is 1. The molecule has 1 aliphatic rings. The van der Waals surface area contributed by atoms with Crippen LogP contribution in [0.25, 0.3) is 11.3 Å². The van der Waals surface area contributed by atoms with Crippen LogP contribution in [0.5, 0.6) is 11.5 Å². The first-order valence-electron chi connectivity index (χ1n) is 10.1. The zero-order valence-electron chi connectivity index (χ0n) is 17.7. The number of nitrogens with zero attached hydrogens (tertiary/aromatic N) is 3. The van der Waals surface area contributed by atoms with Crippen LogP contribution in [-0.4, -0.2) is 47.0 Å². The first kappa shape index (κ1) is 21.1. The molecule has 1 atom stereocenters. The van der Waals surface area contributed by atoms with Gasteiger partial charge in [-0.05, 0) is 31.0 Å². The normalized spacial score (nSPS) is 15.8. The Labute approximate surface area is 186 Å². The molecule has 2 aromatic carbocycles. The maximum absolute atomic E-state index is 13.1. The fourth-order valence-electron chi connectivity index (χ4n) is 3.93. The number of aromatic nitrogens is 2. The second-order valence-electron chi connectivity index (χ2n) is 7.32. The Kier molecular flexibility index (Phi) is 6.36. The van der Waals surface area contributed by atoms with Gasteiger partial charge in [0.15, 0.2) is 5.16 Å². The number of imidazole rings is 1. The number of carbonyl (C=O) groups excluding carboxylic acids is 1. The molecule has 162 valence electrons. The van der Waals surface area contributed by atoms with Crippen molar-refractivity contribution in [3.8, 4) is 22.8 Å². The molecule has 1 aliphatic heterocycles. The first-order chi connectivity index (χ1) is 15.1. The quantitative estimate of drug-likeness (QED) is 0.447. The molecule has 3 aromatic rings. The number of hydrogen-bond acceptors (Lipinski definition) is 6. The third-order valence-electron chi connectivity index (χ3n) is 5.46. The highest BCUT2D eigenvalue weighted by Gasteiger charge is 2.32. The number of rotatable bonds is 7. The maximum Gasteiger partial charge on any atom is 0.233 e. The van der Waals surface area contributed by atoms with Crippen LogP contribution in [0.3, 0.4) is 0 Å². The van der Waals surface area contributed by atoms with E-state index >= 15 is 0 Å². The Morgan fingerprint density at radius 3 is 2.74 bits per heavy atom. The predicted molar refractivity (Wildman–Crippen MR) is 122 cm³/mol. The zero-order chi connectivity index (χ0) is 21.8. The van der Waals surface area contributed by atoms with E-state index in [0.29, 0.717) is 5.16 Å². The van der Waals surface area contributed by atoms with E-state index in [1.165, 1.54) is 16.4 Å². The van der Waals surface area contributed by atoms with Crippen LogP contribution in [0.1, 0.15) is 24.4 Å². The average molecular weight is 439 g/mol. The van der Waals surface area contributed by atoms with E-state index in [1.54, 1.807) is 20.4 Å². The number of benzene rings is 2. The lowest BCUT2D eigenvalue weighted by Gasteiger charge is -2.26. The van der Waals surface area contributed by atoms with Gasteiger partial charge in [0, 0.05) is 17.7 Å². The molecule has 2 heterocycles. The molecule has 2 N–H and O–H groups in total. The molecule has 8 heteroatoms. The van der Waals surface area contributed by atoms with Gasteiger partial charge in [0.2, 0.25) is 5.91 Å². The van der Waals surface area contributed by atoms with Crippen molar-refractivity contribution >= 4 is 17.7 Å². The molecule has 1 unspecified atom stereocenters. The SMILES string of the molecule is COc1ccc(OC)c(C2CCCN2C(=O)CSc2nc(-c3ccccc3)cn2N)c1. The standard InChI is InChI=1S/C23H26N4O3S/c1-29-17-10-11-21(30-2)18(13-17)20-9-6-12-26(20)22(28)15-31-23-25-19(14-27(23)24)16-7-4-3-5-8-16/h3-5,7-8,10-11,13-14,20H,6,9,12,15,24H2,1-2H3. The van der Waals surface area contributed by atoms with Crippen LogP contribution in [0.4, 0.5) is 0 Å². The minimum Gasteiger partial charge on any atom is -0.497 e. The lowest BCUT2D eigenvalue weighted by molar-refractivity contribution is -0.129. The molecule has 0 bridgehead atoms. The van der Waals surface area contributed by atoms with Gasteiger partial charge in [0.25, 0.3) is 0 Å². The highest BCUT2D eigenvalue weighted by molar-refractivity contribution is 7.99. The second kappa shape index (κ2) is 9.34. The van der Waals surface area contributed by atoms with Crippen LogP contribution in [0.15, 0.2) is 59.9 Å². The summed E-state index contributed by atoms with van der Waals surface area (Å²) < 4.78 is 12.4. The largest absolute Gasteiger partial charge is 0.497 e. The third kappa shape index (κ3) is 4.49. The Bertz CT molecular complexity index is 1050. The summed E-state index contributed by atoms with van der Waals surface area (Å²) in [7, 11) is 3.28. The van der Waals surface area contributed by atoms with Crippen LogP contribution in [0, 0.1) is 0 Å². The predicted octanol–water partition coefficient (Wildman–Crippen LogP) is 3.74. The number of methoxy groups -OCH3 is 2. The van der Waals surface area contributed by atoms with Gasteiger partial charge in [-0.3, -0.25) is 4.79 Å². The molecule has 4 rings (SSSR count). The number of ether oxygens (including phenoxy) is 2. The fourth-order valence-corrected chi connectivity index (χ4v) is 4.71. The monoisotopic (exact) mass is 438 g/mol. The summed E-state index contributed by atoms with van der Waals surface area (Å²) in [5.41, 5.74) is 2.76. The van der Waals surface area contributed by atoms with E-state index in [1.807, 2.05) is 53.4 Å². The summed E-state index contributed by atoms with van der Waals surface area (Å²) in [5, 5.41) is 0.613. The van der Waals surface area contributed by atoms with Crippen molar-refractivity contribution in [2.45, 2.75) is 24.0 Å². The first-order valence-corrected chi connectivity index (χ1v) is 11.1. The van der Waals surface area contributed by atoms with Gasteiger partial charge in [0.05, 0.1) is 37.9 Å². The third-order valence-corrected chi connectivity index (χ3v) is 6.41. The van der Waals surface area contributed by atoms with Crippen molar-refractivity contribution in [1.82, 2.24) is 14.6 Å². The summed E-state index contributed by atoms with van der Waals surface area (Å²) in [5.74, 6) is 7.93. The van der Waals surface area contributed by atoms with Gasteiger partial charge in [-0.2, -0.15) is 0 Å². The maximum atomic E-state index is 13.1. The van der Waals surface area contributed by atoms with Crippen molar-refractivity contribution in [3.63, 3.8) is 0 Å². The summed E-state index contributed by atoms with van der Waals surface area (Å²) in [6, 6.07) is 15.5. The van der Waals surface area contributed by atoms with E-state index in [-0.39, 0.29) is 17.7 Å². The Balaban J connectivity index is 1.47. The number of thioether (sulfide) groups is 1. The number of nitrogens with two attached hydrogens (primary N) is 1. The number of amides is 1. The summed E-state index contributed by atoms with van der Waals surface area (Å²) in [6.45, 7) is 0.719. The minimum absolute atomic E-state index is 0.0318. The number of hydrogen-bond donors (Lipinski definition) is 1. The van der Waals surface area contributed by atoms with Gasteiger partial charge in [-0.25, -0.2) is 9.66 Å². The lowest BCUT2D eigenvalue weighted by Crippen LogP contribution is -2.32. The molecule has 1 fully saturated rings. The van der Waals surface area contributed by atoms with Crippen LogP contribution in [0.2, 0.25) is 0 Å². The molecule has 1 saturated heterocycles. The topological polar surface area (TPSA) is 82.6 Å². The van der Waals surface area contributed by atoms with E-state index in [9.17, 15) is 4.79 Å². The van der Waals surface area contributed by atoms with Gasteiger partial charge in [-0.1, -0.05) is 42.1 Å².